The fourth-order valence-corrected chi connectivity index (χ4v) is 7.41. The molecule has 2 atom stereocenters. The van der Waals surface area contributed by atoms with Gasteiger partial charge in [0.2, 0.25) is 5.95 Å². The number of halogens is 2. The molecule has 2 N–H and O–H groups in total. The van der Waals surface area contributed by atoms with E-state index in [0.29, 0.717) is 55.9 Å². The first-order chi connectivity index (χ1) is 25.4. The highest BCUT2D eigenvalue weighted by Crippen LogP contribution is 2.39. The third-order valence-corrected chi connectivity index (χ3v) is 10.0. The summed E-state index contributed by atoms with van der Waals surface area (Å²) in [5.74, 6) is -0.457. The number of aromatic nitrogens is 6. The first-order valence-corrected chi connectivity index (χ1v) is 18.2. The van der Waals surface area contributed by atoms with Gasteiger partial charge in [-0.15, -0.1) is 5.10 Å². The number of hydrogen-bond acceptors (Lipinski definition) is 10. The summed E-state index contributed by atoms with van der Waals surface area (Å²) in [4.78, 5) is 27.1. The molecule has 274 valence electrons. The number of fused-ring (bicyclic) bond motifs is 1. The number of nitrogens with one attached hydrogen (secondary N) is 2. The number of para-hydroxylation sites is 1. The summed E-state index contributed by atoms with van der Waals surface area (Å²) in [7, 11) is 0. The van der Waals surface area contributed by atoms with Crippen LogP contribution in [-0.2, 0) is 11.2 Å². The summed E-state index contributed by atoms with van der Waals surface area (Å²) in [5, 5.41) is 15.5. The van der Waals surface area contributed by atoms with Crippen molar-refractivity contribution in [2.75, 3.05) is 56.2 Å². The summed E-state index contributed by atoms with van der Waals surface area (Å²) >= 11 is 0. The summed E-state index contributed by atoms with van der Waals surface area (Å²) < 4.78 is 41.0. The van der Waals surface area contributed by atoms with Crippen LogP contribution >= 0.6 is 0 Å². The molecule has 0 radical (unpaired) electrons. The molecular weight excluding hydrogens is 668 g/mol. The van der Waals surface area contributed by atoms with E-state index < -0.39 is 11.6 Å². The summed E-state index contributed by atoms with van der Waals surface area (Å²) in [6.07, 6.45) is 6.07. The molecule has 2 aliphatic rings. The number of aromatic amines is 1. The average Bonchev–Trinajstić information content (AvgIpc) is 3.95. The number of rotatable bonds is 15. The number of H-pyrrole nitrogens is 1. The molecule has 2 saturated heterocycles. The number of tetrazole rings is 1. The van der Waals surface area contributed by atoms with E-state index in [4.69, 9.17) is 14.5 Å². The fraction of sp³-hybridized carbons (Fsp3) is 0.447. The molecular formula is C38H45F2N9O3. The van der Waals surface area contributed by atoms with Crippen molar-refractivity contribution in [3.63, 3.8) is 0 Å². The molecule has 4 heterocycles. The molecule has 0 saturated carbocycles. The van der Waals surface area contributed by atoms with E-state index in [0.717, 1.165) is 73.0 Å². The van der Waals surface area contributed by atoms with Gasteiger partial charge in [0, 0.05) is 32.7 Å². The minimum atomic E-state index is -0.846. The van der Waals surface area contributed by atoms with Gasteiger partial charge in [-0.2, -0.15) is 0 Å². The Balaban J connectivity index is 1.15. The Bertz CT molecular complexity index is 1990. The Morgan fingerprint density at radius 1 is 1.04 bits per heavy atom. The lowest BCUT2D eigenvalue weighted by Gasteiger charge is -2.39. The molecule has 52 heavy (non-hydrogen) atoms. The predicted octanol–water partition coefficient (Wildman–Crippen LogP) is 6.29. The normalized spacial score (nSPS) is 18.0. The second kappa shape index (κ2) is 16.2. The number of anilines is 2. The highest BCUT2D eigenvalue weighted by atomic mass is 19.2. The van der Waals surface area contributed by atoms with Crippen LogP contribution in [-0.4, -0.2) is 93.0 Å². The second-order valence-electron chi connectivity index (χ2n) is 13.4. The number of benzene rings is 3. The molecule has 0 spiro atoms. The van der Waals surface area contributed by atoms with Gasteiger partial charge in [0.1, 0.15) is 12.5 Å². The summed E-state index contributed by atoms with van der Waals surface area (Å²) in [5.41, 5.74) is 5.68. The molecule has 5 aromatic rings. The zero-order valence-corrected chi connectivity index (χ0v) is 29.7. The zero-order valence-electron chi connectivity index (χ0n) is 29.7. The molecule has 7 rings (SSSR count). The van der Waals surface area contributed by atoms with Crippen LogP contribution in [0.25, 0.3) is 16.7 Å². The Kier molecular flexibility index (Phi) is 11.0. The molecule has 0 aliphatic carbocycles. The lowest BCUT2D eigenvalue weighted by molar-refractivity contribution is 0.0965. The van der Waals surface area contributed by atoms with Gasteiger partial charge < -0.3 is 29.6 Å². The SMILES string of the molecule is CCOCCc1cccc2[nH]c(NC3CCCCN3c3cc(-n4cnnn4)cc(C(=O)CCN4CCC(c5ccc(F)c(F)c5)C4)c3OCC)nc12. The maximum absolute atomic E-state index is 14.2. The van der Waals surface area contributed by atoms with Crippen LogP contribution in [0.1, 0.15) is 73.4 Å². The van der Waals surface area contributed by atoms with Gasteiger partial charge in [0.15, 0.2) is 23.2 Å². The van der Waals surface area contributed by atoms with Crippen molar-refractivity contribution in [3.8, 4) is 11.4 Å². The number of Topliss-reactive ketones (excluding diaryl/α,β-unsaturated/α-hetero) is 1. The van der Waals surface area contributed by atoms with E-state index in [-0.39, 0.29) is 24.3 Å². The van der Waals surface area contributed by atoms with Crippen molar-refractivity contribution in [1.82, 2.24) is 35.1 Å². The fourth-order valence-electron chi connectivity index (χ4n) is 7.41. The lowest BCUT2D eigenvalue weighted by atomic mass is 9.98. The number of hydrogen-bond donors (Lipinski definition) is 2. The molecule has 0 amide bonds. The van der Waals surface area contributed by atoms with Crippen LogP contribution in [0.2, 0.25) is 0 Å². The minimum absolute atomic E-state index is 0.0608. The Hall–Kier alpha value is -4.95. The van der Waals surface area contributed by atoms with Gasteiger partial charge in [-0.1, -0.05) is 18.2 Å². The molecule has 14 heteroatoms. The predicted molar refractivity (Wildman–Crippen MR) is 194 cm³/mol. The van der Waals surface area contributed by atoms with Crippen LogP contribution in [0, 0.1) is 11.6 Å². The molecule has 2 fully saturated rings. The van der Waals surface area contributed by atoms with Crippen LogP contribution < -0.4 is 15.0 Å². The number of nitrogens with zero attached hydrogens (tertiary/aromatic N) is 7. The van der Waals surface area contributed by atoms with Gasteiger partial charge in [-0.05, 0) is 110 Å². The Morgan fingerprint density at radius 2 is 1.94 bits per heavy atom. The number of imidazole rings is 1. The monoisotopic (exact) mass is 713 g/mol. The molecule has 2 aromatic heterocycles. The van der Waals surface area contributed by atoms with E-state index in [1.807, 2.05) is 32.0 Å². The maximum atomic E-state index is 14.2. The average molecular weight is 714 g/mol. The summed E-state index contributed by atoms with van der Waals surface area (Å²) in [6.45, 7) is 8.30. The van der Waals surface area contributed by atoms with Gasteiger partial charge in [-0.3, -0.25) is 4.79 Å². The number of likely N-dealkylation sites (tertiary alicyclic amines) is 1. The largest absolute Gasteiger partial charge is 0.491 e. The van der Waals surface area contributed by atoms with Crippen LogP contribution in [0.4, 0.5) is 20.4 Å². The first kappa shape index (κ1) is 35.5. The van der Waals surface area contributed by atoms with Crippen molar-refractivity contribution in [2.24, 2.45) is 0 Å². The van der Waals surface area contributed by atoms with Crippen LogP contribution in [0.15, 0.2) is 54.9 Å². The maximum Gasteiger partial charge on any atom is 0.202 e. The Morgan fingerprint density at radius 3 is 2.75 bits per heavy atom. The first-order valence-electron chi connectivity index (χ1n) is 18.2. The number of ketones is 1. The summed E-state index contributed by atoms with van der Waals surface area (Å²) in [6, 6.07) is 14.1. The van der Waals surface area contributed by atoms with Crippen molar-refractivity contribution < 1.29 is 23.0 Å². The third kappa shape index (κ3) is 7.77. The topological polar surface area (TPSA) is 126 Å². The number of ether oxygens (including phenoxy) is 2. The van der Waals surface area contributed by atoms with E-state index >= 15 is 0 Å². The highest BCUT2D eigenvalue weighted by molar-refractivity contribution is 6.01. The molecule has 12 nitrogen and oxygen atoms in total. The number of carbonyl (C=O) groups is 1. The van der Waals surface area contributed by atoms with Crippen molar-refractivity contribution in [2.45, 2.75) is 64.5 Å². The zero-order chi connectivity index (χ0) is 36.0. The van der Waals surface area contributed by atoms with E-state index in [9.17, 15) is 13.6 Å². The highest BCUT2D eigenvalue weighted by Gasteiger charge is 2.31. The van der Waals surface area contributed by atoms with Gasteiger partial charge in [-0.25, -0.2) is 18.4 Å². The number of carbonyl (C=O) groups excluding carboxylic acids is 1. The van der Waals surface area contributed by atoms with Crippen molar-refractivity contribution in [3.05, 3.63) is 83.2 Å². The van der Waals surface area contributed by atoms with E-state index in [2.05, 4.69) is 41.7 Å². The lowest BCUT2D eigenvalue weighted by Crippen LogP contribution is -2.45. The van der Waals surface area contributed by atoms with Crippen molar-refractivity contribution in [1.29, 1.82) is 0 Å². The van der Waals surface area contributed by atoms with Gasteiger partial charge in [0.25, 0.3) is 0 Å². The van der Waals surface area contributed by atoms with E-state index in [1.54, 1.807) is 16.8 Å². The van der Waals surface area contributed by atoms with Crippen molar-refractivity contribution >= 4 is 28.5 Å². The van der Waals surface area contributed by atoms with E-state index in [1.165, 1.54) is 18.5 Å². The standard InChI is InChI=1S/C38H45F2N9O3/c1-3-51-19-15-25-8-7-9-32-36(25)44-38(42-32)43-35-10-5-6-16-48(35)33-22-28(49-24-41-45-46-49)21-29(37(33)52-4-2)34(50)14-18-47-17-13-27(23-47)26-11-12-30(39)31(40)20-26/h7-9,11-12,20-22,24,27,35H,3-6,10,13-19,23H2,1-2H3,(H2,42,43,44). The number of piperidine rings is 1. The van der Waals surface area contributed by atoms with Gasteiger partial charge in [0.05, 0.1) is 41.2 Å². The van der Waals surface area contributed by atoms with Crippen LogP contribution in [0.5, 0.6) is 5.75 Å². The van der Waals surface area contributed by atoms with Gasteiger partial charge >= 0.3 is 0 Å². The van der Waals surface area contributed by atoms with Crippen LogP contribution in [0.3, 0.4) is 0 Å². The molecule has 0 bridgehead atoms. The molecule has 2 aliphatic heterocycles. The third-order valence-electron chi connectivity index (χ3n) is 10.0. The quantitative estimate of drug-likeness (QED) is 0.0945. The Labute approximate surface area is 301 Å². The molecule has 3 aromatic carbocycles. The molecule has 2 unspecified atom stereocenters. The smallest absolute Gasteiger partial charge is 0.202 e. The second-order valence-corrected chi connectivity index (χ2v) is 13.4. The minimum Gasteiger partial charge on any atom is -0.491 e.